The molecule has 162 valence electrons. The van der Waals surface area contributed by atoms with E-state index in [0.717, 1.165) is 25.7 Å². The first-order valence-electron chi connectivity index (χ1n) is 9.99. The summed E-state index contributed by atoms with van der Waals surface area (Å²) in [4.78, 5) is 23.1. The molecule has 0 aliphatic carbocycles. The van der Waals surface area contributed by atoms with Crippen LogP contribution in [0.2, 0.25) is 5.02 Å². The Bertz CT molecular complexity index is 894. The van der Waals surface area contributed by atoms with Gasteiger partial charge in [0.15, 0.2) is 5.78 Å². The number of unbranched alkanes of at least 4 members (excludes halogenated alkanes) is 2. The van der Waals surface area contributed by atoms with Gasteiger partial charge in [-0.1, -0.05) is 18.5 Å². The maximum Gasteiger partial charge on any atom is 0.337 e. The molecule has 2 N–H and O–H groups in total. The minimum atomic E-state index is -1.09. The Morgan fingerprint density at radius 1 is 1.00 bits per heavy atom. The molecule has 0 spiro atoms. The van der Waals surface area contributed by atoms with Gasteiger partial charge in [-0.3, -0.25) is 4.79 Å². The first-order chi connectivity index (χ1) is 14.3. The zero-order valence-corrected chi connectivity index (χ0v) is 18.0. The standard InChI is InChI=1S/C23H27ClO6/c1-3-7-20(25)17-9-11-21(15(2)22(17)26)30-13-6-4-5-12-29-16-8-10-19(24)18(14-16)23(27)28/h8-11,14,26H,3-7,12-13H2,1-2H3,(H,27,28). The van der Waals surface area contributed by atoms with E-state index in [1.165, 1.54) is 12.1 Å². The lowest BCUT2D eigenvalue weighted by atomic mass is 10.0. The largest absolute Gasteiger partial charge is 0.507 e. The number of carboxylic acids is 1. The zero-order valence-electron chi connectivity index (χ0n) is 17.2. The molecule has 0 radical (unpaired) electrons. The quantitative estimate of drug-likeness (QED) is 0.330. The number of aromatic hydroxyl groups is 1. The van der Waals surface area contributed by atoms with Gasteiger partial charge in [-0.05, 0) is 62.9 Å². The summed E-state index contributed by atoms with van der Waals surface area (Å²) in [6.45, 7) is 4.59. The number of ether oxygens (including phenoxy) is 2. The van der Waals surface area contributed by atoms with E-state index in [2.05, 4.69) is 0 Å². The number of hydrogen-bond acceptors (Lipinski definition) is 5. The number of carbonyl (C=O) groups is 2. The molecule has 0 aliphatic rings. The average Bonchev–Trinajstić information content (AvgIpc) is 2.71. The molecule has 2 aromatic rings. The number of phenols is 1. The summed E-state index contributed by atoms with van der Waals surface area (Å²) in [5, 5.41) is 19.5. The maximum atomic E-state index is 12.0. The van der Waals surface area contributed by atoms with Crippen LogP contribution in [0.5, 0.6) is 17.2 Å². The zero-order chi connectivity index (χ0) is 22.1. The second-order valence-electron chi connectivity index (χ2n) is 6.96. The van der Waals surface area contributed by atoms with Crippen molar-refractivity contribution in [3.63, 3.8) is 0 Å². The smallest absolute Gasteiger partial charge is 0.337 e. The average molecular weight is 435 g/mol. The molecule has 0 bridgehead atoms. The van der Waals surface area contributed by atoms with E-state index in [9.17, 15) is 14.7 Å². The summed E-state index contributed by atoms with van der Waals surface area (Å²) in [6, 6.07) is 7.90. The number of rotatable bonds is 12. The van der Waals surface area contributed by atoms with Crippen molar-refractivity contribution >= 4 is 23.4 Å². The highest BCUT2D eigenvalue weighted by molar-refractivity contribution is 6.33. The fourth-order valence-corrected chi connectivity index (χ4v) is 3.13. The molecule has 2 rings (SSSR count). The molecule has 0 fully saturated rings. The van der Waals surface area contributed by atoms with Gasteiger partial charge in [0.2, 0.25) is 0 Å². The fraction of sp³-hybridized carbons (Fsp3) is 0.391. The van der Waals surface area contributed by atoms with E-state index in [4.69, 9.17) is 26.2 Å². The van der Waals surface area contributed by atoms with Crippen molar-refractivity contribution in [1.29, 1.82) is 0 Å². The third-order valence-electron chi connectivity index (χ3n) is 4.64. The molecule has 0 aromatic heterocycles. The van der Waals surface area contributed by atoms with Crippen LogP contribution in [0.3, 0.4) is 0 Å². The molecule has 0 saturated carbocycles. The SMILES string of the molecule is CCCC(=O)c1ccc(OCCCCCOc2ccc(Cl)c(C(=O)O)c2)c(C)c1O. The third-order valence-corrected chi connectivity index (χ3v) is 4.97. The molecule has 0 saturated heterocycles. The molecule has 0 atom stereocenters. The Morgan fingerprint density at radius 2 is 1.70 bits per heavy atom. The minimum Gasteiger partial charge on any atom is -0.507 e. The van der Waals surface area contributed by atoms with Crippen molar-refractivity contribution in [2.45, 2.75) is 46.0 Å². The van der Waals surface area contributed by atoms with Gasteiger partial charge in [0.05, 0.1) is 29.4 Å². The number of ketones is 1. The highest BCUT2D eigenvalue weighted by Gasteiger charge is 2.15. The summed E-state index contributed by atoms with van der Waals surface area (Å²) in [6.07, 6.45) is 3.57. The Hall–Kier alpha value is -2.73. The number of halogens is 1. The summed E-state index contributed by atoms with van der Waals surface area (Å²) in [7, 11) is 0. The van der Waals surface area contributed by atoms with Gasteiger partial charge in [0.1, 0.15) is 17.2 Å². The lowest BCUT2D eigenvalue weighted by Gasteiger charge is -2.13. The van der Waals surface area contributed by atoms with Crippen molar-refractivity contribution in [2.24, 2.45) is 0 Å². The van der Waals surface area contributed by atoms with E-state index in [1.54, 1.807) is 25.1 Å². The number of benzene rings is 2. The van der Waals surface area contributed by atoms with Gasteiger partial charge < -0.3 is 19.7 Å². The summed E-state index contributed by atoms with van der Waals surface area (Å²) in [5.74, 6) is -0.133. The van der Waals surface area contributed by atoms with Crippen molar-refractivity contribution in [3.05, 3.63) is 52.0 Å². The second-order valence-corrected chi connectivity index (χ2v) is 7.37. The highest BCUT2D eigenvalue weighted by atomic mass is 35.5. The van der Waals surface area contributed by atoms with Crippen LogP contribution in [0.15, 0.2) is 30.3 Å². The molecule has 0 unspecified atom stereocenters. The molecule has 7 heteroatoms. The van der Waals surface area contributed by atoms with Crippen molar-refractivity contribution in [2.75, 3.05) is 13.2 Å². The van der Waals surface area contributed by atoms with Crippen LogP contribution in [0, 0.1) is 6.92 Å². The molecule has 0 amide bonds. The maximum absolute atomic E-state index is 12.0. The third kappa shape index (κ3) is 6.39. The molecule has 0 aliphatic heterocycles. The van der Waals surface area contributed by atoms with Crippen LogP contribution in [-0.4, -0.2) is 35.2 Å². The van der Waals surface area contributed by atoms with Gasteiger partial charge >= 0.3 is 5.97 Å². The van der Waals surface area contributed by atoms with Gasteiger partial charge in [0, 0.05) is 12.0 Å². The molecule has 0 heterocycles. The minimum absolute atomic E-state index is 0.0111. The van der Waals surface area contributed by atoms with Gasteiger partial charge in [-0.2, -0.15) is 0 Å². The second kappa shape index (κ2) is 11.5. The van der Waals surface area contributed by atoms with E-state index in [0.29, 0.717) is 42.3 Å². The highest BCUT2D eigenvalue weighted by Crippen LogP contribution is 2.31. The lowest BCUT2D eigenvalue weighted by molar-refractivity contribution is 0.0696. The lowest BCUT2D eigenvalue weighted by Crippen LogP contribution is -2.04. The predicted molar refractivity (Wildman–Crippen MR) is 115 cm³/mol. The van der Waals surface area contributed by atoms with Crippen LogP contribution in [-0.2, 0) is 0 Å². The molecule has 30 heavy (non-hydrogen) atoms. The monoisotopic (exact) mass is 434 g/mol. The Morgan fingerprint density at radius 3 is 2.37 bits per heavy atom. The molecular formula is C23H27ClO6. The van der Waals surface area contributed by atoms with E-state index >= 15 is 0 Å². The molecule has 6 nitrogen and oxygen atoms in total. The summed E-state index contributed by atoms with van der Waals surface area (Å²) < 4.78 is 11.3. The fourth-order valence-electron chi connectivity index (χ4n) is 2.94. The van der Waals surface area contributed by atoms with E-state index in [1.807, 2.05) is 6.92 Å². The number of hydrogen-bond donors (Lipinski definition) is 2. The number of carboxylic acid groups (broad SMARTS) is 1. The molecular weight excluding hydrogens is 408 g/mol. The van der Waals surface area contributed by atoms with Crippen molar-refractivity contribution in [3.8, 4) is 17.2 Å². The van der Waals surface area contributed by atoms with Gasteiger partial charge in [-0.25, -0.2) is 4.79 Å². The predicted octanol–water partition coefficient (Wildman–Crippen LogP) is 5.66. The Labute approximate surface area is 181 Å². The summed E-state index contributed by atoms with van der Waals surface area (Å²) in [5.41, 5.74) is 0.924. The van der Waals surface area contributed by atoms with Gasteiger partial charge in [0.25, 0.3) is 0 Å². The molecule has 2 aromatic carbocycles. The topological polar surface area (TPSA) is 93.1 Å². The number of carbonyl (C=O) groups excluding carboxylic acids is 1. The number of phenolic OH excluding ortho intramolecular Hbond substituents is 1. The number of Topliss-reactive ketones (excluding diaryl/α,β-unsaturated/α-hetero) is 1. The Balaban J connectivity index is 1.73. The first-order valence-corrected chi connectivity index (χ1v) is 10.4. The Kier molecular flexibility index (Phi) is 8.99. The van der Waals surface area contributed by atoms with Crippen LogP contribution in [0.1, 0.15) is 65.3 Å². The van der Waals surface area contributed by atoms with Crippen LogP contribution in [0.4, 0.5) is 0 Å². The van der Waals surface area contributed by atoms with E-state index in [-0.39, 0.29) is 22.1 Å². The van der Waals surface area contributed by atoms with Crippen molar-refractivity contribution in [1.82, 2.24) is 0 Å². The van der Waals surface area contributed by atoms with Crippen LogP contribution >= 0.6 is 11.6 Å². The van der Waals surface area contributed by atoms with Crippen molar-refractivity contribution < 1.29 is 29.3 Å². The summed E-state index contributed by atoms with van der Waals surface area (Å²) >= 11 is 5.84. The number of aromatic carboxylic acids is 1. The normalized spacial score (nSPS) is 10.6. The van der Waals surface area contributed by atoms with Crippen LogP contribution in [0.25, 0.3) is 0 Å². The van der Waals surface area contributed by atoms with Gasteiger partial charge in [-0.15, -0.1) is 0 Å². The van der Waals surface area contributed by atoms with E-state index < -0.39 is 5.97 Å². The van der Waals surface area contributed by atoms with Crippen LogP contribution < -0.4 is 9.47 Å². The first kappa shape index (κ1) is 23.5.